The highest BCUT2D eigenvalue weighted by Gasteiger charge is 2.04. The Morgan fingerprint density at radius 3 is 2.50 bits per heavy atom. The molecular weight excluding hydrogens is 224 g/mol. The molecule has 0 saturated carbocycles. The first-order chi connectivity index (χ1) is 8.65. The van der Waals surface area contributed by atoms with Crippen LogP contribution in [-0.4, -0.2) is 10.1 Å². The Balaban J connectivity index is 1.93. The SMILES string of the molecule is Cc1ccc([C@H](C)NCc2ccc(O)cn2)cc1. The highest BCUT2D eigenvalue weighted by atomic mass is 16.3. The van der Waals surface area contributed by atoms with Gasteiger partial charge in [0.25, 0.3) is 0 Å². The lowest BCUT2D eigenvalue weighted by Gasteiger charge is -2.14. The van der Waals surface area contributed by atoms with Crippen LogP contribution in [0.5, 0.6) is 5.75 Å². The Labute approximate surface area is 108 Å². The van der Waals surface area contributed by atoms with Crippen molar-refractivity contribution in [2.75, 3.05) is 0 Å². The molecule has 1 aromatic heterocycles. The second kappa shape index (κ2) is 5.65. The Hall–Kier alpha value is -1.87. The van der Waals surface area contributed by atoms with Crippen molar-refractivity contribution in [3.63, 3.8) is 0 Å². The van der Waals surface area contributed by atoms with Crippen molar-refractivity contribution in [1.29, 1.82) is 0 Å². The maximum atomic E-state index is 9.16. The number of nitrogens with one attached hydrogen (secondary N) is 1. The summed E-state index contributed by atoms with van der Waals surface area (Å²) in [6, 6.07) is 12.3. The van der Waals surface area contributed by atoms with Gasteiger partial charge in [-0.2, -0.15) is 0 Å². The molecule has 2 aromatic rings. The first-order valence-corrected chi connectivity index (χ1v) is 6.09. The van der Waals surface area contributed by atoms with Crippen molar-refractivity contribution in [3.05, 3.63) is 59.4 Å². The second-order valence-corrected chi connectivity index (χ2v) is 4.52. The minimum Gasteiger partial charge on any atom is -0.506 e. The van der Waals surface area contributed by atoms with Crippen LogP contribution in [0.1, 0.15) is 29.8 Å². The summed E-state index contributed by atoms with van der Waals surface area (Å²) in [7, 11) is 0. The van der Waals surface area contributed by atoms with E-state index in [1.165, 1.54) is 17.3 Å². The average molecular weight is 242 g/mol. The van der Waals surface area contributed by atoms with Crippen molar-refractivity contribution in [2.24, 2.45) is 0 Å². The molecule has 0 spiro atoms. The maximum Gasteiger partial charge on any atom is 0.133 e. The van der Waals surface area contributed by atoms with Crippen LogP contribution in [0, 0.1) is 6.92 Å². The van der Waals surface area contributed by atoms with Gasteiger partial charge >= 0.3 is 0 Å². The molecule has 0 saturated heterocycles. The Kier molecular flexibility index (Phi) is 3.95. The Bertz CT molecular complexity index is 491. The first-order valence-electron chi connectivity index (χ1n) is 6.09. The van der Waals surface area contributed by atoms with Crippen molar-refractivity contribution in [3.8, 4) is 5.75 Å². The van der Waals surface area contributed by atoms with Crippen molar-refractivity contribution in [2.45, 2.75) is 26.4 Å². The molecule has 1 atom stereocenters. The summed E-state index contributed by atoms with van der Waals surface area (Å²) in [5.41, 5.74) is 3.46. The minimum absolute atomic E-state index is 0.199. The monoisotopic (exact) mass is 242 g/mol. The fourth-order valence-electron chi connectivity index (χ4n) is 1.75. The highest BCUT2D eigenvalue weighted by Crippen LogP contribution is 2.14. The van der Waals surface area contributed by atoms with Gasteiger partial charge in [0.2, 0.25) is 0 Å². The van der Waals surface area contributed by atoms with Gasteiger partial charge in [-0.25, -0.2) is 0 Å². The molecule has 0 aliphatic heterocycles. The molecule has 1 heterocycles. The molecule has 0 aliphatic rings. The highest BCUT2D eigenvalue weighted by molar-refractivity contribution is 5.24. The quantitative estimate of drug-likeness (QED) is 0.866. The standard InChI is InChI=1S/C15H18N2O/c1-11-3-5-13(6-4-11)12(2)16-9-14-7-8-15(18)10-17-14/h3-8,10,12,16,18H,9H2,1-2H3/t12-/m0/s1. The van der Waals surface area contributed by atoms with Gasteiger partial charge in [-0.1, -0.05) is 29.8 Å². The third kappa shape index (κ3) is 3.31. The van der Waals surface area contributed by atoms with E-state index in [4.69, 9.17) is 5.11 Å². The average Bonchev–Trinajstić information content (AvgIpc) is 2.38. The van der Waals surface area contributed by atoms with Gasteiger partial charge in [-0.3, -0.25) is 4.98 Å². The van der Waals surface area contributed by atoms with Crippen LogP contribution in [0.25, 0.3) is 0 Å². The number of rotatable bonds is 4. The van der Waals surface area contributed by atoms with Crippen LogP contribution in [0.3, 0.4) is 0 Å². The predicted octanol–water partition coefficient (Wildman–Crippen LogP) is 2.95. The smallest absolute Gasteiger partial charge is 0.133 e. The number of pyridine rings is 1. The molecule has 0 aliphatic carbocycles. The van der Waals surface area contributed by atoms with Crippen molar-refractivity contribution >= 4 is 0 Å². The Morgan fingerprint density at radius 1 is 1.17 bits per heavy atom. The van der Waals surface area contributed by atoms with E-state index < -0.39 is 0 Å². The molecule has 0 amide bonds. The number of hydrogen-bond donors (Lipinski definition) is 2. The van der Waals surface area contributed by atoms with E-state index in [1.54, 1.807) is 6.07 Å². The third-order valence-corrected chi connectivity index (χ3v) is 2.98. The van der Waals surface area contributed by atoms with Crippen LogP contribution >= 0.6 is 0 Å². The lowest BCUT2D eigenvalue weighted by atomic mass is 10.1. The molecule has 3 heteroatoms. The third-order valence-electron chi connectivity index (χ3n) is 2.98. The second-order valence-electron chi connectivity index (χ2n) is 4.52. The number of aryl methyl sites for hydroxylation is 1. The lowest BCUT2D eigenvalue weighted by molar-refractivity contribution is 0.471. The van der Waals surface area contributed by atoms with Crippen LogP contribution in [-0.2, 0) is 6.54 Å². The lowest BCUT2D eigenvalue weighted by Crippen LogP contribution is -2.18. The van der Waals surface area contributed by atoms with E-state index in [0.29, 0.717) is 6.54 Å². The number of benzene rings is 1. The van der Waals surface area contributed by atoms with Gasteiger partial charge in [0.05, 0.1) is 11.9 Å². The first kappa shape index (κ1) is 12.6. The normalized spacial score (nSPS) is 12.3. The summed E-state index contributed by atoms with van der Waals surface area (Å²) < 4.78 is 0. The van der Waals surface area contributed by atoms with Crippen molar-refractivity contribution < 1.29 is 5.11 Å². The maximum absolute atomic E-state index is 9.16. The molecule has 2 rings (SSSR count). The number of hydrogen-bond acceptors (Lipinski definition) is 3. The molecule has 18 heavy (non-hydrogen) atoms. The zero-order valence-electron chi connectivity index (χ0n) is 10.7. The summed E-state index contributed by atoms with van der Waals surface area (Å²) in [5.74, 6) is 0.199. The predicted molar refractivity (Wildman–Crippen MR) is 72.3 cm³/mol. The molecule has 0 fully saturated rings. The van der Waals surface area contributed by atoms with E-state index in [-0.39, 0.29) is 11.8 Å². The van der Waals surface area contributed by atoms with Crippen LogP contribution in [0.2, 0.25) is 0 Å². The summed E-state index contributed by atoms with van der Waals surface area (Å²) >= 11 is 0. The van der Waals surface area contributed by atoms with Gasteiger partial charge in [-0.15, -0.1) is 0 Å². The molecule has 2 N–H and O–H groups in total. The minimum atomic E-state index is 0.199. The number of aromatic hydroxyl groups is 1. The van der Waals surface area contributed by atoms with Gasteiger partial charge in [0, 0.05) is 12.6 Å². The summed E-state index contributed by atoms with van der Waals surface area (Å²) in [4.78, 5) is 4.15. The molecule has 1 aromatic carbocycles. The molecular formula is C15H18N2O. The molecule has 0 unspecified atom stereocenters. The largest absolute Gasteiger partial charge is 0.506 e. The number of nitrogens with zero attached hydrogens (tertiary/aromatic N) is 1. The van der Waals surface area contributed by atoms with E-state index in [0.717, 1.165) is 5.69 Å². The van der Waals surface area contributed by atoms with E-state index >= 15 is 0 Å². The Morgan fingerprint density at radius 2 is 1.89 bits per heavy atom. The van der Waals surface area contributed by atoms with Gasteiger partial charge in [-0.05, 0) is 31.5 Å². The van der Waals surface area contributed by atoms with Crippen molar-refractivity contribution in [1.82, 2.24) is 10.3 Å². The summed E-state index contributed by atoms with van der Waals surface area (Å²) in [6.07, 6.45) is 1.47. The van der Waals surface area contributed by atoms with Crippen LogP contribution < -0.4 is 5.32 Å². The number of aromatic nitrogens is 1. The van der Waals surface area contributed by atoms with E-state index in [1.807, 2.05) is 6.07 Å². The van der Waals surface area contributed by atoms with Crippen LogP contribution in [0.15, 0.2) is 42.6 Å². The topological polar surface area (TPSA) is 45.1 Å². The van der Waals surface area contributed by atoms with Crippen LogP contribution in [0.4, 0.5) is 0 Å². The molecule has 3 nitrogen and oxygen atoms in total. The molecule has 0 bridgehead atoms. The zero-order valence-corrected chi connectivity index (χ0v) is 10.7. The van der Waals surface area contributed by atoms with Gasteiger partial charge in [0.1, 0.15) is 5.75 Å². The molecule has 0 radical (unpaired) electrons. The van der Waals surface area contributed by atoms with E-state index in [2.05, 4.69) is 48.4 Å². The summed E-state index contributed by atoms with van der Waals surface area (Å²) in [6.45, 7) is 4.91. The fraction of sp³-hybridized carbons (Fsp3) is 0.267. The van der Waals surface area contributed by atoms with E-state index in [9.17, 15) is 0 Å². The summed E-state index contributed by atoms with van der Waals surface area (Å²) in [5, 5.41) is 12.6. The van der Waals surface area contributed by atoms with Gasteiger partial charge in [0.15, 0.2) is 0 Å². The van der Waals surface area contributed by atoms with Gasteiger partial charge < -0.3 is 10.4 Å². The molecule has 94 valence electrons. The fourth-order valence-corrected chi connectivity index (χ4v) is 1.75. The zero-order chi connectivity index (χ0) is 13.0.